The molecule has 3 amide bonds. The van der Waals surface area contributed by atoms with Gasteiger partial charge in [0.1, 0.15) is 5.70 Å². The highest BCUT2D eigenvalue weighted by molar-refractivity contribution is 6.13. The van der Waals surface area contributed by atoms with Gasteiger partial charge in [-0.2, -0.15) is 0 Å². The molecular formula is C17H20N2O6. The Labute approximate surface area is 145 Å². The van der Waals surface area contributed by atoms with Crippen LogP contribution in [0.4, 0.5) is 4.79 Å². The number of esters is 1. The Hall–Kier alpha value is -3.03. The van der Waals surface area contributed by atoms with Crippen LogP contribution in [0.3, 0.4) is 0 Å². The van der Waals surface area contributed by atoms with Crippen molar-refractivity contribution in [3.63, 3.8) is 0 Å². The summed E-state index contributed by atoms with van der Waals surface area (Å²) in [4.78, 5) is 36.2. The van der Waals surface area contributed by atoms with Crippen LogP contribution in [0.15, 0.2) is 23.9 Å². The number of nitrogens with one attached hydrogen (secondary N) is 1. The zero-order valence-corrected chi connectivity index (χ0v) is 14.3. The van der Waals surface area contributed by atoms with Crippen molar-refractivity contribution < 1.29 is 28.6 Å². The number of benzene rings is 1. The quantitative estimate of drug-likeness (QED) is 0.456. The molecule has 0 saturated carbocycles. The first-order chi connectivity index (χ1) is 12.0. The summed E-state index contributed by atoms with van der Waals surface area (Å²) in [6, 6.07) is 4.50. The lowest BCUT2D eigenvalue weighted by Crippen LogP contribution is -2.30. The molecule has 25 heavy (non-hydrogen) atoms. The third-order valence-electron chi connectivity index (χ3n) is 3.43. The van der Waals surface area contributed by atoms with Crippen molar-refractivity contribution in [2.75, 3.05) is 26.9 Å². The van der Waals surface area contributed by atoms with E-state index in [1.807, 2.05) is 0 Å². The zero-order chi connectivity index (χ0) is 18.4. The van der Waals surface area contributed by atoms with E-state index in [0.717, 1.165) is 4.90 Å². The van der Waals surface area contributed by atoms with E-state index >= 15 is 0 Å². The summed E-state index contributed by atoms with van der Waals surface area (Å²) in [6.07, 6.45) is 1.55. The number of likely N-dealkylation sites (N-methyl/N-ethyl adjacent to an activating group) is 1. The van der Waals surface area contributed by atoms with Crippen molar-refractivity contribution in [2.45, 2.75) is 13.8 Å². The molecule has 1 aromatic rings. The van der Waals surface area contributed by atoms with Gasteiger partial charge in [0.15, 0.2) is 18.1 Å². The minimum absolute atomic E-state index is 0.189. The Morgan fingerprint density at radius 3 is 2.60 bits per heavy atom. The minimum Gasteiger partial charge on any atom is -0.493 e. The first kappa shape index (κ1) is 18.3. The van der Waals surface area contributed by atoms with Crippen LogP contribution in [0.1, 0.15) is 19.4 Å². The van der Waals surface area contributed by atoms with Crippen LogP contribution in [0.25, 0.3) is 6.08 Å². The summed E-state index contributed by atoms with van der Waals surface area (Å²) in [6.45, 7) is 3.78. The predicted octanol–water partition coefficient (Wildman–Crippen LogP) is 1.55. The zero-order valence-electron chi connectivity index (χ0n) is 14.3. The Bertz CT molecular complexity index is 713. The molecule has 0 bridgehead atoms. The highest BCUT2D eigenvalue weighted by Gasteiger charge is 2.32. The number of nitrogens with zero attached hydrogens (tertiary/aromatic N) is 1. The molecule has 0 unspecified atom stereocenters. The molecule has 0 aromatic heterocycles. The largest absolute Gasteiger partial charge is 0.493 e. The first-order valence-corrected chi connectivity index (χ1v) is 7.81. The van der Waals surface area contributed by atoms with Crippen LogP contribution in [0.2, 0.25) is 0 Å². The predicted molar refractivity (Wildman–Crippen MR) is 89.0 cm³/mol. The molecule has 1 aromatic carbocycles. The summed E-state index contributed by atoms with van der Waals surface area (Å²) >= 11 is 0. The number of methoxy groups -OCH3 is 1. The Morgan fingerprint density at radius 1 is 1.24 bits per heavy atom. The summed E-state index contributed by atoms with van der Waals surface area (Å²) in [5.41, 5.74) is 0.830. The summed E-state index contributed by atoms with van der Waals surface area (Å²) in [5, 5.41) is 2.52. The molecule has 1 saturated heterocycles. The number of rotatable bonds is 7. The third-order valence-corrected chi connectivity index (χ3v) is 3.43. The van der Waals surface area contributed by atoms with Crippen molar-refractivity contribution in [1.82, 2.24) is 10.2 Å². The normalized spacial score (nSPS) is 15.3. The van der Waals surface area contributed by atoms with E-state index < -0.39 is 12.0 Å². The van der Waals surface area contributed by atoms with E-state index in [1.54, 1.807) is 38.1 Å². The van der Waals surface area contributed by atoms with E-state index in [-0.39, 0.29) is 24.8 Å². The second-order valence-electron chi connectivity index (χ2n) is 5.04. The summed E-state index contributed by atoms with van der Waals surface area (Å²) in [7, 11) is 1.46. The average Bonchev–Trinajstić information content (AvgIpc) is 2.86. The standard InChI is InChI=1S/C17H20N2O6/c1-4-19-16(21)12(18-17(19)22)8-11-6-7-13(14(9-11)23-3)25-10-15(20)24-5-2/h6-9H,4-5,10H2,1-3H3,(H,18,22)/b12-8+. The van der Waals surface area contributed by atoms with E-state index in [1.165, 1.54) is 7.11 Å². The van der Waals surface area contributed by atoms with Gasteiger partial charge in [0.25, 0.3) is 5.91 Å². The monoisotopic (exact) mass is 348 g/mol. The molecule has 1 aliphatic heterocycles. The number of ether oxygens (including phenoxy) is 3. The van der Waals surface area contributed by atoms with Gasteiger partial charge < -0.3 is 19.5 Å². The van der Waals surface area contributed by atoms with Crippen LogP contribution >= 0.6 is 0 Å². The van der Waals surface area contributed by atoms with Gasteiger partial charge in [-0.15, -0.1) is 0 Å². The van der Waals surface area contributed by atoms with Crippen molar-refractivity contribution in [3.05, 3.63) is 29.5 Å². The smallest absolute Gasteiger partial charge is 0.344 e. The lowest BCUT2D eigenvalue weighted by Gasteiger charge is -2.11. The van der Waals surface area contributed by atoms with E-state index in [2.05, 4.69) is 5.32 Å². The second kappa shape index (κ2) is 8.18. The Balaban J connectivity index is 2.16. The van der Waals surface area contributed by atoms with E-state index in [9.17, 15) is 14.4 Å². The Kier molecular flexibility index (Phi) is 5.99. The lowest BCUT2D eigenvalue weighted by atomic mass is 10.1. The molecular weight excluding hydrogens is 328 g/mol. The fourth-order valence-corrected chi connectivity index (χ4v) is 2.26. The summed E-state index contributed by atoms with van der Waals surface area (Å²) < 4.78 is 15.4. The van der Waals surface area contributed by atoms with Gasteiger partial charge in [-0.3, -0.25) is 9.69 Å². The van der Waals surface area contributed by atoms with Gasteiger partial charge in [0.05, 0.1) is 13.7 Å². The third kappa shape index (κ3) is 4.28. The maximum atomic E-state index is 12.1. The van der Waals surface area contributed by atoms with Crippen molar-refractivity contribution in [2.24, 2.45) is 0 Å². The molecule has 134 valence electrons. The molecule has 2 rings (SSSR count). The van der Waals surface area contributed by atoms with Crippen LogP contribution in [0.5, 0.6) is 11.5 Å². The topological polar surface area (TPSA) is 94.2 Å². The number of hydrogen-bond donors (Lipinski definition) is 1. The molecule has 1 heterocycles. The lowest BCUT2D eigenvalue weighted by molar-refractivity contribution is -0.145. The molecule has 1 aliphatic rings. The van der Waals surface area contributed by atoms with Crippen molar-refractivity contribution in [1.29, 1.82) is 0 Å². The van der Waals surface area contributed by atoms with Crippen molar-refractivity contribution >= 4 is 24.0 Å². The summed E-state index contributed by atoms with van der Waals surface area (Å²) in [5.74, 6) is -0.0961. The van der Waals surface area contributed by atoms with Crippen LogP contribution in [0, 0.1) is 0 Å². The Morgan fingerprint density at radius 2 is 2.00 bits per heavy atom. The van der Waals surface area contributed by atoms with E-state index in [4.69, 9.17) is 14.2 Å². The molecule has 0 aliphatic carbocycles. The second-order valence-corrected chi connectivity index (χ2v) is 5.04. The molecule has 1 N–H and O–H groups in total. The maximum absolute atomic E-state index is 12.1. The number of hydrogen-bond acceptors (Lipinski definition) is 6. The van der Waals surface area contributed by atoms with Gasteiger partial charge in [0, 0.05) is 6.54 Å². The molecule has 8 nitrogen and oxygen atoms in total. The molecule has 0 radical (unpaired) electrons. The van der Waals surface area contributed by atoms with Gasteiger partial charge in [-0.25, -0.2) is 9.59 Å². The van der Waals surface area contributed by atoms with Crippen LogP contribution < -0.4 is 14.8 Å². The molecule has 0 atom stereocenters. The molecule has 1 fully saturated rings. The number of carbonyl (C=O) groups is 3. The number of imide groups is 1. The number of amides is 3. The number of urea groups is 1. The molecule has 8 heteroatoms. The van der Waals surface area contributed by atoms with Crippen molar-refractivity contribution in [3.8, 4) is 11.5 Å². The van der Waals surface area contributed by atoms with E-state index in [0.29, 0.717) is 23.6 Å². The van der Waals surface area contributed by atoms with Gasteiger partial charge in [-0.05, 0) is 37.6 Å². The fraction of sp³-hybridized carbons (Fsp3) is 0.353. The van der Waals surface area contributed by atoms with Crippen LogP contribution in [-0.4, -0.2) is 49.7 Å². The number of carbonyl (C=O) groups excluding carboxylic acids is 3. The maximum Gasteiger partial charge on any atom is 0.344 e. The van der Waals surface area contributed by atoms with Crippen LogP contribution in [-0.2, 0) is 14.3 Å². The van der Waals surface area contributed by atoms with Gasteiger partial charge >= 0.3 is 12.0 Å². The van der Waals surface area contributed by atoms with Gasteiger partial charge in [0.2, 0.25) is 0 Å². The minimum atomic E-state index is -0.477. The highest BCUT2D eigenvalue weighted by Crippen LogP contribution is 2.29. The fourth-order valence-electron chi connectivity index (χ4n) is 2.26. The SMILES string of the molecule is CCOC(=O)COc1ccc(/C=C2/NC(=O)N(CC)C2=O)cc1OC. The average molecular weight is 348 g/mol. The first-order valence-electron chi connectivity index (χ1n) is 7.81. The molecule has 0 spiro atoms. The van der Waals surface area contributed by atoms with Gasteiger partial charge in [-0.1, -0.05) is 6.07 Å². The highest BCUT2D eigenvalue weighted by atomic mass is 16.6.